The fraction of sp³-hybridized carbons (Fsp3) is 0.300. The molecule has 1 aromatic rings. The smallest absolute Gasteiger partial charge is 0.326 e. The first kappa shape index (κ1) is 11.2. The summed E-state index contributed by atoms with van der Waals surface area (Å²) in [5.41, 5.74) is 0.407. The predicted octanol–water partition coefficient (Wildman–Crippen LogP) is 0.675. The first-order chi connectivity index (χ1) is 7.15. The van der Waals surface area contributed by atoms with Gasteiger partial charge < -0.3 is 10.4 Å². The van der Waals surface area contributed by atoms with E-state index in [1.165, 1.54) is 24.5 Å². The van der Waals surface area contributed by atoms with Crippen LogP contribution in [-0.2, 0) is 4.79 Å². The molecule has 0 saturated heterocycles. The number of carbonyl (C=O) groups excluding carboxylic acids is 1. The summed E-state index contributed by atoms with van der Waals surface area (Å²) in [5, 5.41) is 11.2. The van der Waals surface area contributed by atoms with E-state index in [9.17, 15) is 9.59 Å². The van der Waals surface area contributed by atoms with E-state index in [0.717, 1.165) is 0 Å². The van der Waals surface area contributed by atoms with Crippen molar-refractivity contribution in [2.75, 3.05) is 0 Å². The Labute approximate surface area is 87.1 Å². The lowest BCUT2D eigenvalue weighted by atomic mass is 10.2. The van der Waals surface area contributed by atoms with Crippen LogP contribution in [0.2, 0.25) is 0 Å². The van der Waals surface area contributed by atoms with Gasteiger partial charge >= 0.3 is 5.97 Å². The number of nitrogens with one attached hydrogen (secondary N) is 1. The minimum Gasteiger partial charge on any atom is -0.480 e. The summed E-state index contributed by atoms with van der Waals surface area (Å²) in [4.78, 5) is 26.0. The zero-order valence-electron chi connectivity index (χ0n) is 8.30. The number of rotatable bonds is 4. The molecule has 5 heteroatoms. The van der Waals surface area contributed by atoms with E-state index in [4.69, 9.17) is 5.11 Å². The summed E-state index contributed by atoms with van der Waals surface area (Å²) in [5.74, 6) is -1.42. The number of carboxylic acids is 1. The van der Waals surface area contributed by atoms with E-state index in [2.05, 4.69) is 10.3 Å². The number of carboxylic acid groups (broad SMARTS) is 1. The molecule has 0 bridgehead atoms. The number of aromatic nitrogens is 1. The van der Waals surface area contributed by atoms with Crippen molar-refractivity contribution in [1.29, 1.82) is 0 Å². The summed E-state index contributed by atoms with van der Waals surface area (Å²) >= 11 is 0. The molecule has 1 heterocycles. The van der Waals surface area contributed by atoms with Crippen molar-refractivity contribution in [3.8, 4) is 0 Å². The van der Waals surface area contributed by atoms with Crippen LogP contribution in [0.5, 0.6) is 0 Å². The average Bonchev–Trinajstić information content (AvgIpc) is 2.26. The quantitative estimate of drug-likeness (QED) is 0.762. The minimum absolute atomic E-state index is 0.353. The number of hydrogen-bond donors (Lipinski definition) is 2. The largest absolute Gasteiger partial charge is 0.480 e. The van der Waals surface area contributed by atoms with Gasteiger partial charge in [-0.25, -0.2) is 4.79 Å². The number of nitrogens with zero attached hydrogens (tertiary/aromatic N) is 1. The van der Waals surface area contributed by atoms with Gasteiger partial charge in [0, 0.05) is 18.0 Å². The Hall–Kier alpha value is -1.91. The van der Waals surface area contributed by atoms with Gasteiger partial charge in [0.05, 0.1) is 0 Å². The molecule has 1 atom stereocenters. The van der Waals surface area contributed by atoms with Gasteiger partial charge in [0.1, 0.15) is 6.04 Å². The fourth-order valence-corrected chi connectivity index (χ4v) is 1.08. The van der Waals surface area contributed by atoms with E-state index in [-0.39, 0.29) is 0 Å². The first-order valence-corrected chi connectivity index (χ1v) is 4.58. The molecule has 15 heavy (non-hydrogen) atoms. The van der Waals surface area contributed by atoms with Crippen molar-refractivity contribution < 1.29 is 14.7 Å². The molecule has 80 valence electrons. The van der Waals surface area contributed by atoms with Crippen LogP contribution in [0, 0.1) is 0 Å². The third-order valence-corrected chi connectivity index (χ3v) is 1.95. The Morgan fingerprint density at radius 2 is 2.07 bits per heavy atom. The third kappa shape index (κ3) is 3.05. The zero-order chi connectivity index (χ0) is 11.3. The SMILES string of the molecule is CC[C@H](NC(=O)c1ccncc1)C(=O)O. The molecular formula is C10H12N2O3. The van der Waals surface area contributed by atoms with Crippen molar-refractivity contribution >= 4 is 11.9 Å². The first-order valence-electron chi connectivity index (χ1n) is 4.58. The maximum Gasteiger partial charge on any atom is 0.326 e. The molecule has 0 aliphatic rings. The standard InChI is InChI=1S/C10H12N2O3/c1-2-8(10(14)15)12-9(13)7-3-5-11-6-4-7/h3-6,8H,2H2,1H3,(H,12,13)(H,14,15)/t8-/m0/s1. The van der Waals surface area contributed by atoms with Gasteiger partial charge in [-0.3, -0.25) is 9.78 Å². The highest BCUT2D eigenvalue weighted by Gasteiger charge is 2.17. The van der Waals surface area contributed by atoms with Crippen molar-refractivity contribution in [3.63, 3.8) is 0 Å². The van der Waals surface area contributed by atoms with E-state index in [0.29, 0.717) is 12.0 Å². The molecule has 1 rings (SSSR count). The summed E-state index contributed by atoms with van der Waals surface area (Å²) in [6.45, 7) is 1.70. The number of amides is 1. The summed E-state index contributed by atoms with van der Waals surface area (Å²) < 4.78 is 0. The second-order valence-corrected chi connectivity index (χ2v) is 3.01. The highest BCUT2D eigenvalue weighted by Crippen LogP contribution is 1.98. The molecule has 0 radical (unpaired) electrons. The van der Waals surface area contributed by atoms with Crippen LogP contribution >= 0.6 is 0 Å². The Balaban J connectivity index is 2.67. The third-order valence-electron chi connectivity index (χ3n) is 1.95. The van der Waals surface area contributed by atoms with Crippen molar-refractivity contribution in [2.45, 2.75) is 19.4 Å². The fourth-order valence-electron chi connectivity index (χ4n) is 1.08. The second-order valence-electron chi connectivity index (χ2n) is 3.01. The monoisotopic (exact) mass is 208 g/mol. The summed E-state index contributed by atoms with van der Waals surface area (Å²) in [6, 6.07) is 2.22. The van der Waals surface area contributed by atoms with E-state index in [1.807, 2.05) is 0 Å². The molecule has 0 spiro atoms. The van der Waals surface area contributed by atoms with Gasteiger partial charge in [-0.15, -0.1) is 0 Å². The normalized spacial score (nSPS) is 11.8. The number of aliphatic carboxylic acids is 1. The average molecular weight is 208 g/mol. The lowest BCUT2D eigenvalue weighted by Gasteiger charge is -2.11. The molecule has 1 aromatic heterocycles. The van der Waals surface area contributed by atoms with Crippen molar-refractivity contribution in [2.24, 2.45) is 0 Å². The molecule has 0 aliphatic carbocycles. The lowest BCUT2D eigenvalue weighted by molar-refractivity contribution is -0.139. The molecular weight excluding hydrogens is 196 g/mol. The van der Waals surface area contributed by atoms with Crippen molar-refractivity contribution in [1.82, 2.24) is 10.3 Å². The number of pyridine rings is 1. The highest BCUT2D eigenvalue weighted by atomic mass is 16.4. The van der Waals surface area contributed by atoms with Crippen molar-refractivity contribution in [3.05, 3.63) is 30.1 Å². The Bertz CT molecular complexity index is 351. The van der Waals surface area contributed by atoms with E-state index < -0.39 is 17.9 Å². The van der Waals surface area contributed by atoms with Gasteiger partial charge in [0.15, 0.2) is 0 Å². The summed E-state index contributed by atoms with van der Waals surface area (Å²) in [6.07, 6.45) is 3.32. The van der Waals surface area contributed by atoms with Crippen LogP contribution in [0.4, 0.5) is 0 Å². The molecule has 0 fully saturated rings. The van der Waals surface area contributed by atoms with E-state index in [1.54, 1.807) is 6.92 Å². The summed E-state index contributed by atoms with van der Waals surface area (Å²) in [7, 11) is 0. The van der Waals surface area contributed by atoms with Crippen LogP contribution < -0.4 is 5.32 Å². The Morgan fingerprint density at radius 1 is 1.47 bits per heavy atom. The topological polar surface area (TPSA) is 79.3 Å². The van der Waals surface area contributed by atoms with Gasteiger partial charge in [0.2, 0.25) is 0 Å². The molecule has 5 nitrogen and oxygen atoms in total. The molecule has 0 aliphatic heterocycles. The van der Waals surface area contributed by atoms with Gasteiger partial charge in [-0.1, -0.05) is 6.92 Å². The van der Waals surface area contributed by atoms with Crippen LogP contribution in [0.3, 0.4) is 0 Å². The van der Waals surface area contributed by atoms with Gasteiger partial charge in [-0.05, 0) is 18.6 Å². The minimum atomic E-state index is -1.03. The van der Waals surface area contributed by atoms with Crippen LogP contribution in [0.15, 0.2) is 24.5 Å². The van der Waals surface area contributed by atoms with Crippen LogP contribution in [0.1, 0.15) is 23.7 Å². The second kappa shape index (κ2) is 5.09. The highest BCUT2D eigenvalue weighted by molar-refractivity contribution is 5.96. The zero-order valence-corrected chi connectivity index (χ0v) is 8.30. The lowest BCUT2D eigenvalue weighted by Crippen LogP contribution is -2.40. The van der Waals surface area contributed by atoms with Crippen LogP contribution in [0.25, 0.3) is 0 Å². The molecule has 0 saturated carbocycles. The Morgan fingerprint density at radius 3 is 2.53 bits per heavy atom. The van der Waals surface area contributed by atoms with Crippen LogP contribution in [-0.4, -0.2) is 28.0 Å². The predicted molar refractivity (Wildman–Crippen MR) is 53.4 cm³/mol. The molecule has 2 N–H and O–H groups in total. The maximum absolute atomic E-state index is 11.5. The maximum atomic E-state index is 11.5. The van der Waals surface area contributed by atoms with Gasteiger partial charge in [-0.2, -0.15) is 0 Å². The Kier molecular flexibility index (Phi) is 3.79. The molecule has 0 aromatic carbocycles. The molecule has 1 amide bonds. The van der Waals surface area contributed by atoms with Gasteiger partial charge in [0.25, 0.3) is 5.91 Å². The van der Waals surface area contributed by atoms with E-state index >= 15 is 0 Å². The molecule has 0 unspecified atom stereocenters. The number of carbonyl (C=O) groups is 2. The number of hydrogen-bond acceptors (Lipinski definition) is 3.